The van der Waals surface area contributed by atoms with Crippen LogP contribution in [-0.2, 0) is 11.3 Å². The fourth-order valence-corrected chi connectivity index (χ4v) is 1.18. The van der Waals surface area contributed by atoms with Crippen LogP contribution in [-0.4, -0.2) is 16.2 Å². The first-order chi connectivity index (χ1) is 7.41. The molecule has 0 unspecified atom stereocenters. The van der Waals surface area contributed by atoms with Crippen LogP contribution in [0.2, 0.25) is 5.02 Å². The van der Waals surface area contributed by atoms with Crippen LogP contribution in [0.25, 0.3) is 0 Å². The number of halogens is 2. The van der Waals surface area contributed by atoms with E-state index in [9.17, 15) is 19.3 Å². The number of ether oxygens (including phenoxy) is 1. The Labute approximate surface area is 93.4 Å². The number of hydrogen-bond donors (Lipinski definition) is 1. The first-order valence-electron chi connectivity index (χ1n) is 3.90. The molecule has 6 nitrogen and oxygen atoms in total. The summed E-state index contributed by atoms with van der Waals surface area (Å²) in [6.07, 6.45) is -1.55. The second-order valence-corrected chi connectivity index (χ2v) is 3.11. The molecule has 1 aromatic rings. The lowest BCUT2D eigenvalue weighted by Gasteiger charge is -2.04. The number of carbonyl (C=O) groups is 1. The van der Waals surface area contributed by atoms with Crippen LogP contribution in [0.15, 0.2) is 12.1 Å². The Balaban J connectivity index is 3.05. The minimum atomic E-state index is -1.55. The van der Waals surface area contributed by atoms with Crippen molar-refractivity contribution in [3.05, 3.63) is 38.7 Å². The Hall–Kier alpha value is -1.89. The summed E-state index contributed by atoms with van der Waals surface area (Å²) in [5.74, 6) is -1.09. The van der Waals surface area contributed by atoms with Crippen LogP contribution >= 0.6 is 11.6 Å². The van der Waals surface area contributed by atoms with E-state index in [0.29, 0.717) is 0 Å². The molecule has 86 valence electrons. The first-order valence-corrected chi connectivity index (χ1v) is 4.27. The van der Waals surface area contributed by atoms with E-state index in [-0.39, 0.29) is 10.6 Å². The van der Waals surface area contributed by atoms with Gasteiger partial charge in [0.15, 0.2) is 0 Å². The van der Waals surface area contributed by atoms with Gasteiger partial charge in [0.2, 0.25) is 5.82 Å². The molecule has 1 aromatic carbocycles. The topological polar surface area (TPSA) is 89.7 Å². The van der Waals surface area contributed by atoms with E-state index < -0.39 is 29.2 Å². The molecule has 0 amide bonds. The van der Waals surface area contributed by atoms with Crippen molar-refractivity contribution in [2.75, 3.05) is 0 Å². The maximum absolute atomic E-state index is 13.0. The zero-order valence-corrected chi connectivity index (χ0v) is 8.40. The molecule has 1 rings (SSSR count). The van der Waals surface area contributed by atoms with Crippen molar-refractivity contribution in [2.24, 2.45) is 0 Å². The Kier molecular flexibility index (Phi) is 3.62. The van der Waals surface area contributed by atoms with Crippen molar-refractivity contribution in [3.63, 3.8) is 0 Å². The molecule has 0 aliphatic carbocycles. The standard InChI is InChI=1S/C8H5ClFNO5/c9-5-2-6(10)7(11(14)15)1-4(5)3-16-8(12)13/h1-2H,3H2,(H,12,13). The first kappa shape index (κ1) is 12.2. The molecular weight excluding hydrogens is 245 g/mol. The van der Waals surface area contributed by atoms with Crippen LogP contribution < -0.4 is 0 Å². The van der Waals surface area contributed by atoms with Crippen LogP contribution in [0.5, 0.6) is 0 Å². The molecule has 0 aromatic heterocycles. The van der Waals surface area contributed by atoms with Crippen LogP contribution in [0.3, 0.4) is 0 Å². The lowest BCUT2D eigenvalue weighted by molar-refractivity contribution is -0.387. The van der Waals surface area contributed by atoms with E-state index in [1.165, 1.54) is 0 Å². The zero-order valence-electron chi connectivity index (χ0n) is 7.65. The molecule has 0 bridgehead atoms. The summed E-state index contributed by atoms with van der Waals surface area (Å²) in [6.45, 7) is -0.477. The van der Waals surface area contributed by atoms with E-state index in [1.54, 1.807) is 0 Å². The van der Waals surface area contributed by atoms with Gasteiger partial charge in [0.25, 0.3) is 0 Å². The molecule has 0 atom stereocenters. The van der Waals surface area contributed by atoms with E-state index in [2.05, 4.69) is 4.74 Å². The Bertz CT molecular complexity index is 450. The smallest absolute Gasteiger partial charge is 0.450 e. The summed E-state index contributed by atoms with van der Waals surface area (Å²) in [5.41, 5.74) is -0.759. The highest BCUT2D eigenvalue weighted by molar-refractivity contribution is 6.31. The van der Waals surface area contributed by atoms with Gasteiger partial charge >= 0.3 is 11.8 Å². The molecule has 8 heteroatoms. The highest BCUT2D eigenvalue weighted by Gasteiger charge is 2.18. The predicted octanol–water partition coefficient (Wildman–Crippen LogP) is 2.58. The van der Waals surface area contributed by atoms with E-state index in [0.717, 1.165) is 12.1 Å². The molecule has 16 heavy (non-hydrogen) atoms. The van der Waals surface area contributed by atoms with Gasteiger partial charge in [0.05, 0.1) is 9.95 Å². The second kappa shape index (κ2) is 4.75. The lowest BCUT2D eigenvalue weighted by atomic mass is 10.2. The highest BCUT2D eigenvalue weighted by atomic mass is 35.5. The van der Waals surface area contributed by atoms with Crippen molar-refractivity contribution in [2.45, 2.75) is 6.61 Å². The van der Waals surface area contributed by atoms with Gasteiger partial charge in [-0.15, -0.1) is 0 Å². The second-order valence-electron chi connectivity index (χ2n) is 2.71. The van der Waals surface area contributed by atoms with Gasteiger partial charge in [-0.25, -0.2) is 4.79 Å². The van der Waals surface area contributed by atoms with Crippen LogP contribution in [0.1, 0.15) is 5.56 Å². The van der Waals surface area contributed by atoms with Gasteiger partial charge in [-0.2, -0.15) is 4.39 Å². The summed E-state index contributed by atoms with van der Waals surface area (Å²) in [7, 11) is 0. The predicted molar refractivity (Wildman–Crippen MR) is 50.9 cm³/mol. The maximum atomic E-state index is 13.0. The summed E-state index contributed by atoms with van der Waals surface area (Å²) in [4.78, 5) is 19.6. The number of nitro benzene ring substituents is 1. The summed E-state index contributed by atoms with van der Waals surface area (Å²) in [6, 6.07) is 1.57. The van der Waals surface area contributed by atoms with Crippen molar-refractivity contribution in [3.8, 4) is 0 Å². The number of nitro groups is 1. The minimum absolute atomic E-state index is 0.0252. The third-order valence-electron chi connectivity index (χ3n) is 1.66. The monoisotopic (exact) mass is 249 g/mol. The maximum Gasteiger partial charge on any atom is 0.506 e. The fourth-order valence-electron chi connectivity index (χ4n) is 0.971. The largest absolute Gasteiger partial charge is 0.506 e. The zero-order chi connectivity index (χ0) is 12.3. The van der Waals surface area contributed by atoms with Gasteiger partial charge in [0.1, 0.15) is 6.61 Å². The third-order valence-corrected chi connectivity index (χ3v) is 2.02. The minimum Gasteiger partial charge on any atom is -0.450 e. The molecule has 0 fully saturated rings. The number of benzene rings is 1. The van der Waals surface area contributed by atoms with Crippen molar-refractivity contribution < 1.29 is 24.0 Å². The van der Waals surface area contributed by atoms with Crippen LogP contribution in [0.4, 0.5) is 14.9 Å². The van der Waals surface area contributed by atoms with Crippen molar-refractivity contribution in [1.29, 1.82) is 0 Å². The fraction of sp³-hybridized carbons (Fsp3) is 0.125. The number of nitrogens with zero attached hydrogens (tertiary/aromatic N) is 1. The highest BCUT2D eigenvalue weighted by Crippen LogP contribution is 2.26. The number of hydrogen-bond acceptors (Lipinski definition) is 4. The van der Waals surface area contributed by atoms with Gasteiger partial charge in [-0.05, 0) is 6.07 Å². The third kappa shape index (κ3) is 2.80. The molecule has 0 heterocycles. The molecular formula is C8H5ClFNO5. The van der Waals surface area contributed by atoms with Gasteiger partial charge in [-0.1, -0.05) is 11.6 Å². The summed E-state index contributed by atoms with van der Waals surface area (Å²) >= 11 is 5.55. The molecule has 0 radical (unpaired) electrons. The molecule has 0 saturated carbocycles. The molecule has 0 aliphatic heterocycles. The molecule has 0 saturated heterocycles. The SMILES string of the molecule is O=C(O)OCc1cc([N+](=O)[O-])c(F)cc1Cl. The molecule has 0 aliphatic rings. The summed E-state index contributed by atoms with van der Waals surface area (Å²) < 4.78 is 17.2. The quantitative estimate of drug-likeness (QED) is 0.505. The molecule has 1 N–H and O–H groups in total. The Morgan fingerprint density at radius 1 is 1.62 bits per heavy atom. The lowest BCUT2D eigenvalue weighted by Crippen LogP contribution is -2.02. The summed E-state index contributed by atoms with van der Waals surface area (Å²) in [5, 5.41) is 18.5. The van der Waals surface area contributed by atoms with Gasteiger partial charge < -0.3 is 9.84 Å². The van der Waals surface area contributed by atoms with E-state index in [4.69, 9.17) is 16.7 Å². The van der Waals surface area contributed by atoms with Crippen LogP contribution in [0, 0.1) is 15.9 Å². The van der Waals surface area contributed by atoms with E-state index >= 15 is 0 Å². The van der Waals surface area contributed by atoms with Gasteiger partial charge in [0, 0.05) is 11.6 Å². The number of carboxylic acid groups (broad SMARTS) is 1. The molecule has 0 spiro atoms. The van der Waals surface area contributed by atoms with Crippen molar-refractivity contribution in [1.82, 2.24) is 0 Å². The Morgan fingerprint density at radius 3 is 2.75 bits per heavy atom. The average molecular weight is 250 g/mol. The number of rotatable bonds is 3. The Morgan fingerprint density at radius 2 is 2.25 bits per heavy atom. The normalized spacial score (nSPS) is 9.88. The van der Waals surface area contributed by atoms with Crippen molar-refractivity contribution >= 4 is 23.4 Å². The van der Waals surface area contributed by atoms with Gasteiger partial charge in [-0.3, -0.25) is 10.1 Å². The average Bonchev–Trinajstić information content (AvgIpc) is 2.15. The van der Waals surface area contributed by atoms with E-state index in [1.807, 2.05) is 0 Å².